The molecule has 1 saturated heterocycles. The second-order valence-corrected chi connectivity index (χ2v) is 15.4. The Morgan fingerprint density at radius 1 is 1.02 bits per heavy atom. The zero-order valence-electron chi connectivity index (χ0n) is 26.7. The Kier molecular flexibility index (Phi) is 9.12. The second-order valence-electron chi connectivity index (χ2n) is 13.0. The van der Waals surface area contributed by atoms with E-state index in [0.717, 1.165) is 23.4 Å². The number of aromatic nitrogens is 1. The number of nitrogens with zero attached hydrogens (tertiary/aromatic N) is 3. The first-order valence-corrected chi connectivity index (χ1v) is 16.7. The van der Waals surface area contributed by atoms with Crippen LogP contribution in [-0.2, 0) is 14.3 Å². The maximum Gasteiger partial charge on any atom is 0.411 e. The fourth-order valence-electron chi connectivity index (χ4n) is 5.34. The van der Waals surface area contributed by atoms with Crippen LogP contribution in [0.5, 0.6) is 0 Å². The highest BCUT2D eigenvalue weighted by atomic mass is 32.5. The van der Waals surface area contributed by atoms with Crippen molar-refractivity contribution >= 4 is 33.8 Å². The fraction of sp³-hybridized carbons (Fsp3) is 0.375. The number of ether oxygens (including phenoxy) is 1. The summed E-state index contributed by atoms with van der Waals surface area (Å²) in [5, 5.41) is 13.7. The third kappa shape index (κ3) is 8.78. The van der Waals surface area contributed by atoms with Crippen LogP contribution in [0.4, 0.5) is 34.3 Å². The maximum atomic E-state index is 14.6. The van der Waals surface area contributed by atoms with E-state index < -0.39 is 86.8 Å². The molecule has 2 N–H and O–H groups in total. The molecule has 2 aromatic carbocycles. The molecular weight excluding hydrogens is 666 g/mol. The minimum absolute atomic E-state index is 0.0684. The van der Waals surface area contributed by atoms with Gasteiger partial charge in [0.15, 0.2) is 0 Å². The van der Waals surface area contributed by atoms with Gasteiger partial charge in [0.1, 0.15) is 28.4 Å². The van der Waals surface area contributed by atoms with Crippen molar-refractivity contribution < 1.29 is 48.0 Å². The highest BCUT2D eigenvalue weighted by Gasteiger charge is 2.65. The van der Waals surface area contributed by atoms with Gasteiger partial charge in [0.05, 0.1) is 24.4 Å². The predicted octanol–water partition coefficient (Wildman–Crippen LogP) is 7.59. The first-order valence-electron chi connectivity index (χ1n) is 14.7. The van der Waals surface area contributed by atoms with Crippen LogP contribution in [0.3, 0.4) is 0 Å². The molecule has 16 heteroatoms. The highest BCUT2D eigenvalue weighted by Crippen LogP contribution is 3.02. The number of amides is 3. The van der Waals surface area contributed by atoms with Crippen molar-refractivity contribution in [2.45, 2.75) is 75.3 Å². The number of carbonyl (C=O) groups excluding carboxylic acids is 3. The molecule has 262 valence electrons. The average Bonchev–Trinajstić information content (AvgIpc) is 3.29. The van der Waals surface area contributed by atoms with E-state index in [0.29, 0.717) is 22.6 Å². The van der Waals surface area contributed by atoms with E-state index in [1.165, 1.54) is 6.92 Å². The van der Waals surface area contributed by atoms with Crippen LogP contribution in [0.1, 0.15) is 64.3 Å². The number of anilines is 1. The number of hydrogen-bond donors (Lipinski definition) is 2. The molecule has 0 spiro atoms. The van der Waals surface area contributed by atoms with Crippen molar-refractivity contribution in [3.8, 4) is 0 Å². The van der Waals surface area contributed by atoms with E-state index in [2.05, 4.69) is 10.3 Å². The van der Waals surface area contributed by atoms with Crippen LogP contribution >= 0.6 is 10.2 Å². The standard InChI is InChI=1S/C32H36F6N4O5S/c1-20(21-9-7-6-8-10-21)40-28(43)27(22-15-23(33)18-39-17-22)42(24-11-13-25(14-12-24)48(34,35,36,37)38)29(44)26-16-32(5,46)19-41(26)30(45)47-31(2,3)4/h6-15,17-18,20,26-27,46H,16,19H2,1-5H3,(H,40,43)/t20-,26+,27?,32+/m0/s1. The van der Waals surface area contributed by atoms with Crippen LogP contribution in [0.15, 0.2) is 78.0 Å². The monoisotopic (exact) mass is 702 g/mol. The Labute approximate surface area is 273 Å². The van der Waals surface area contributed by atoms with Crippen LogP contribution in [0, 0.1) is 5.82 Å². The van der Waals surface area contributed by atoms with Crippen LogP contribution in [0.25, 0.3) is 0 Å². The molecule has 0 bridgehead atoms. The van der Waals surface area contributed by atoms with Gasteiger partial charge in [-0.3, -0.25) is 24.4 Å². The van der Waals surface area contributed by atoms with Gasteiger partial charge in [-0.15, -0.1) is 0 Å². The van der Waals surface area contributed by atoms with E-state index >= 15 is 0 Å². The van der Waals surface area contributed by atoms with Gasteiger partial charge in [-0.25, -0.2) is 9.18 Å². The van der Waals surface area contributed by atoms with E-state index in [4.69, 9.17) is 4.74 Å². The lowest BCUT2D eigenvalue weighted by atomic mass is 9.99. The summed E-state index contributed by atoms with van der Waals surface area (Å²) in [6.45, 7) is 7.24. The number of rotatable bonds is 8. The number of carbonyl (C=O) groups is 3. The molecule has 0 aliphatic carbocycles. The van der Waals surface area contributed by atoms with E-state index in [-0.39, 0.29) is 17.7 Å². The molecule has 1 aromatic heterocycles. The number of benzene rings is 2. The first kappa shape index (κ1) is 36.5. The van der Waals surface area contributed by atoms with Crippen LogP contribution in [0.2, 0.25) is 0 Å². The summed E-state index contributed by atoms with van der Waals surface area (Å²) in [5.41, 5.74) is -2.77. The summed E-state index contributed by atoms with van der Waals surface area (Å²) in [6, 6.07) is 6.59. The van der Waals surface area contributed by atoms with Crippen molar-refractivity contribution in [3.63, 3.8) is 0 Å². The van der Waals surface area contributed by atoms with Crippen molar-refractivity contribution in [2.24, 2.45) is 0 Å². The predicted molar refractivity (Wildman–Crippen MR) is 167 cm³/mol. The van der Waals surface area contributed by atoms with Crippen LogP contribution in [-0.4, -0.2) is 56.7 Å². The molecule has 0 saturated carbocycles. The molecule has 2 heterocycles. The van der Waals surface area contributed by atoms with Crippen LogP contribution < -0.4 is 10.2 Å². The number of β-amino-alcohol motifs (C(OH)–C–C–N with tert-alkyl or cyclic N) is 1. The number of nitrogens with one attached hydrogen (secondary N) is 1. The Balaban J connectivity index is 1.90. The number of pyridine rings is 1. The highest BCUT2D eigenvalue weighted by molar-refractivity contribution is 8.45. The third-order valence-electron chi connectivity index (χ3n) is 7.44. The minimum Gasteiger partial charge on any atom is -0.444 e. The van der Waals surface area contributed by atoms with Crippen molar-refractivity contribution in [3.05, 3.63) is 90.0 Å². The topological polar surface area (TPSA) is 112 Å². The maximum absolute atomic E-state index is 14.6. The third-order valence-corrected chi connectivity index (χ3v) is 8.60. The number of likely N-dealkylation sites (tertiary alicyclic amines) is 1. The smallest absolute Gasteiger partial charge is 0.411 e. The number of aliphatic hydroxyl groups is 1. The quantitative estimate of drug-likeness (QED) is 0.234. The molecule has 1 unspecified atom stereocenters. The molecule has 3 aromatic rings. The minimum atomic E-state index is -10.2. The largest absolute Gasteiger partial charge is 0.444 e. The SMILES string of the molecule is C[C@H](NC(=O)C(c1cncc(F)c1)N(C(=O)[C@H]1C[C@@](C)(O)CN1C(=O)OC(C)(C)C)c1ccc(S(F)(F)(F)(F)F)cc1)c1ccccc1. The lowest BCUT2D eigenvalue weighted by Crippen LogP contribution is -2.53. The summed E-state index contributed by atoms with van der Waals surface area (Å²) in [6.07, 6.45) is 0.460. The van der Waals surface area contributed by atoms with Gasteiger partial charge in [0.25, 0.3) is 5.91 Å². The molecule has 4 atom stereocenters. The molecule has 1 aliphatic heterocycles. The van der Waals surface area contributed by atoms with Crippen molar-refractivity contribution in [1.29, 1.82) is 0 Å². The summed E-state index contributed by atoms with van der Waals surface area (Å²) >= 11 is 0. The van der Waals surface area contributed by atoms with Gasteiger partial charge in [0, 0.05) is 23.9 Å². The molecule has 1 fully saturated rings. The van der Waals surface area contributed by atoms with Gasteiger partial charge in [-0.05, 0) is 70.5 Å². The zero-order chi connectivity index (χ0) is 35.9. The van der Waals surface area contributed by atoms with Gasteiger partial charge < -0.3 is 15.2 Å². The summed E-state index contributed by atoms with van der Waals surface area (Å²) < 4.78 is 88.3. The molecule has 48 heavy (non-hydrogen) atoms. The Hall–Kier alpha value is -4.31. The summed E-state index contributed by atoms with van der Waals surface area (Å²) in [5.74, 6) is -2.97. The molecule has 1 aliphatic rings. The molecule has 0 radical (unpaired) electrons. The lowest BCUT2D eigenvalue weighted by Gasteiger charge is -2.41. The summed E-state index contributed by atoms with van der Waals surface area (Å²) in [4.78, 5) is 45.1. The number of halogens is 6. The Morgan fingerprint density at radius 2 is 1.62 bits per heavy atom. The second kappa shape index (κ2) is 12.0. The Bertz CT molecular complexity index is 1690. The van der Waals surface area contributed by atoms with Gasteiger partial charge in [-0.2, -0.15) is 0 Å². The van der Waals surface area contributed by atoms with Gasteiger partial charge in [-0.1, -0.05) is 49.8 Å². The van der Waals surface area contributed by atoms with E-state index in [1.807, 2.05) is 0 Å². The van der Waals surface area contributed by atoms with Crippen molar-refractivity contribution in [2.75, 3.05) is 11.4 Å². The molecule has 4 rings (SSSR count). The lowest BCUT2D eigenvalue weighted by molar-refractivity contribution is -0.129. The number of hydrogen-bond acceptors (Lipinski definition) is 6. The van der Waals surface area contributed by atoms with E-state index in [9.17, 15) is 43.3 Å². The van der Waals surface area contributed by atoms with E-state index in [1.54, 1.807) is 58.0 Å². The molecular formula is C32H36F6N4O5S. The normalized spacial score (nSPS) is 21.0. The Morgan fingerprint density at radius 3 is 2.17 bits per heavy atom. The first-order chi connectivity index (χ1) is 21.8. The molecule has 3 amide bonds. The fourth-order valence-corrected chi connectivity index (χ4v) is 5.99. The van der Waals surface area contributed by atoms with Gasteiger partial charge in [0.2, 0.25) is 5.91 Å². The zero-order valence-corrected chi connectivity index (χ0v) is 27.5. The molecule has 9 nitrogen and oxygen atoms in total. The van der Waals surface area contributed by atoms with Gasteiger partial charge >= 0.3 is 16.3 Å². The average molecular weight is 703 g/mol. The van der Waals surface area contributed by atoms with Crippen molar-refractivity contribution in [1.82, 2.24) is 15.2 Å². The summed E-state index contributed by atoms with van der Waals surface area (Å²) in [7, 11) is -10.2.